The molecule has 0 spiro atoms. The number of aliphatic carboxylic acids is 1. The van der Waals surface area contributed by atoms with Gasteiger partial charge in [-0.25, -0.2) is 4.98 Å². The molecule has 1 N–H and O–H groups in total. The number of nitrogens with zero attached hydrogens (tertiary/aromatic N) is 2. The SMILES string of the molecule is CC1CCCN(Cc2cscn2)C1C(=O)O. The summed E-state index contributed by atoms with van der Waals surface area (Å²) in [6, 6.07) is -0.351. The van der Waals surface area contributed by atoms with E-state index in [1.54, 1.807) is 16.8 Å². The van der Waals surface area contributed by atoms with Crippen molar-refractivity contribution in [3.8, 4) is 0 Å². The molecule has 1 aromatic rings. The van der Waals surface area contributed by atoms with Gasteiger partial charge < -0.3 is 5.11 Å². The van der Waals surface area contributed by atoms with Crippen LogP contribution in [0, 0.1) is 5.92 Å². The van der Waals surface area contributed by atoms with E-state index in [4.69, 9.17) is 0 Å². The van der Waals surface area contributed by atoms with Crippen LogP contribution in [0.1, 0.15) is 25.5 Å². The second kappa shape index (κ2) is 4.93. The molecule has 5 heteroatoms. The maximum atomic E-state index is 11.2. The van der Waals surface area contributed by atoms with Crippen molar-refractivity contribution in [2.24, 2.45) is 5.92 Å². The number of carbonyl (C=O) groups is 1. The monoisotopic (exact) mass is 240 g/mol. The van der Waals surface area contributed by atoms with Gasteiger partial charge in [0.05, 0.1) is 11.2 Å². The lowest BCUT2D eigenvalue weighted by Gasteiger charge is -2.36. The lowest BCUT2D eigenvalue weighted by molar-refractivity contribution is -0.147. The minimum atomic E-state index is -0.706. The molecule has 2 unspecified atom stereocenters. The first-order valence-electron chi connectivity index (χ1n) is 5.52. The van der Waals surface area contributed by atoms with Gasteiger partial charge in [0.15, 0.2) is 0 Å². The second-order valence-corrected chi connectivity index (χ2v) is 5.07. The third-order valence-corrected chi connectivity index (χ3v) is 3.77. The Labute approximate surface area is 98.9 Å². The van der Waals surface area contributed by atoms with E-state index in [0.29, 0.717) is 6.54 Å². The Bertz CT molecular complexity index is 353. The summed E-state index contributed by atoms with van der Waals surface area (Å²) in [6.07, 6.45) is 2.08. The minimum absolute atomic E-state index is 0.227. The fourth-order valence-electron chi connectivity index (χ4n) is 2.37. The van der Waals surface area contributed by atoms with Gasteiger partial charge in [-0.1, -0.05) is 6.92 Å². The summed E-state index contributed by atoms with van der Waals surface area (Å²) in [5, 5.41) is 11.2. The van der Waals surface area contributed by atoms with Crippen LogP contribution in [0.4, 0.5) is 0 Å². The Hall–Kier alpha value is -0.940. The topological polar surface area (TPSA) is 53.4 Å². The minimum Gasteiger partial charge on any atom is -0.480 e. The van der Waals surface area contributed by atoms with Crippen LogP contribution in [-0.2, 0) is 11.3 Å². The van der Waals surface area contributed by atoms with Gasteiger partial charge in [-0.2, -0.15) is 0 Å². The van der Waals surface area contributed by atoms with Gasteiger partial charge in [0.1, 0.15) is 6.04 Å². The maximum Gasteiger partial charge on any atom is 0.321 e. The molecule has 88 valence electrons. The Morgan fingerprint density at radius 1 is 1.75 bits per heavy atom. The first-order chi connectivity index (χ1) is 7.68. The summed E-state index contributed by atoms with van der Waals surface area (Å²) in [5.74, 6) is -0.479. The molecular formula is C11H16N2O2S. The Morgan fingerprint density at radius 2 is 2.56 bits per heavy atom. The third kappa shape index (κ3) is 2.41. The number of carboxylic acids is 1. The Balaban J connectivity index is 2.08. The van der Waals surface area contributed by atoms with E-state index >= 15 is 0 Å². The smallest absolute Gasteiger partial charge is 0.321 e. The molecule has 1 saturated heterocycles. The highest BCUT2D eigenvalue weighted by molar-refractivity contribution is 7.07. The molecule has 16 heavy (non-hydrogen) atoms. The zero-order chi connectivity index (χ0) is 11.5. The molecule has 2 atom stereocenters. The van der Waals surface area contributed by atoms with Crippen LogP contribution >= 0.6 is 11.3 Å². The predicted molar refractivity (Wildman–Crippen MR) is 62.3 cm³/mol. The van der Waals surface area contributed by atoms with Crippen LogP contribution in [0.25, 0.3) is 0 Å². The van der Waals surface area contributed by atoms with Crippen molar-refractivity contribution in [2.75, 3.05) is 6.54 Å². The second-order valence-electron chi connectivity index (χ2n) is 4.35. The molecule has 2 heterocycles. The lowest BCUT2D eigenvalue weighted by atomic mass is 9.91. The van der Waals surface area contributed by atoms with Crippen molar-refractivity contribution in [3.63, 3.8) is 0 Å². The molecule has 1 fully saturated rings. The average Bonchev–Trinajstić information content (AvgIpc) is 2.70. The van der Waals surface area contributed by atoms with Crippen molar-refractivity contribution in [1.82, 2.24) is 9.88 Å². The summed E-state index contributed by atoms with van der Waals surface area (Å²) in [7, 11) is 0. The van der Waals surface area contributed by atoms with E-state index in [-0.39, 0.29) is 12.0 Å². The largest absolute Gasteiger partial charge is 0.480 e. The number of rotatable bonds is 3. The van der Waals surface area contributed by atoms with Crippen LogP contribution in [-0.4, -0.2) is 33.5 Å². The number of piperidine rings is 1. The van der Waals surface area contributed by atoms with Crippen molar-refractivity contribution < 1.29 is 9.90 Å². The van der Waals surface area contributed by atoms with Crippen LogP contribution in [0.5, 0.6) is 0 Å². The molecule has 1 aliphatic rings. The maximum absolute atomic E-state index is 11.2. The van der Waals surface area contributed by atoms with Gasteiger partial charge in [-0.05, 0) is 25.3 Å². The van der Waals surface area contributed by atoms with Gasteiger partial charge in [0.2, 0.25) is 0 Å². The highest BCUT2D eigenvalue weighted by atomic mass is 32.1. The van der Waals surface area contributed by atoms with E-state index < -0.39 is 5.97 Å². The summed E-state index contributed by atoms with van der Waals surface area (Å²) < 4.78 is 0. The van der Waals surface area contributed by atoms with E-state index in [1.807, 2.05) is 17.2 Å². The highest BCUT2D eigenvalue weighted by Crippen LogP contribution is 2.25. The molecule has 0 aromatic carbocycles. The molecule has 0 amide bonds. The molecule has 1 aromatic heterocycles. The van der Waals surface area contributed by atoms with Crippen molar-refractivity contribution in [1.29, 1.82) is 0 Å². The van der Waals surface area contributed by atoms with Gasteiger partial charge in [0, 0.05) is 11.9 Å². The molecule has 0 radical (unpaired) electrons. The zero-order valence-corrected chi connectivity index (χ0v) is 10.1. The molecule has 0 saturated carbocycles. The summed E-state index contributed by atoms with van der Waals surface area (Å²) in [4.78, 5) is 17.5. The Morgan fingerprint density at radius 3 is 3.19 bits per heavy atom. The molecular weight excluding hydrogens is 224 g/mol. The van der Waals surface area contributed by atoms with E-state index in [1.165, 1.54) is 0 Å². The van der Waals surface area contributed by atoms with Crippen LogP contribution in [0.3, 0.4) is 0 Å². The van der Waals surface area contributed by atoms with Crippen LogP contribution in [0.15, 0.2) is 10.9 Å². The molecule has 2 rings (SSSR count). The number of carboxylic acid groups (broad SMARTS) is 1. The number of thiazole rings is 1. The molecule has 0 bridgehead atoms. The first kappa shape index (κ1) is 11.5. The van der Waals surface area contributed by atoms with Crippen molar-refractivity contribution in [2.45, 2.75) is 32.4 Å². The summed E-state index contributed by atoms with van der Waals surface area (Å²) in [5.41, 5.74) is 2.77. The van der Waals surface area contributed by atoms with Gasteiger partial charge in [0.25, 0.3) is 0 Å². The number of hydrogen-bond acceptors (Lipinski definition) is 4. The van der Waals surface area contributed by atoms with Crippen molar-refractivity contribution in [3.05, 3.63) is 16.6 Å². The van der Waals surface area contributed by atoms with Crippen LogP contribution < -0.4 is 0 Å². The number of aromatic nitrogens is 1. The molecule has 0 aliphatic carbocycles. The molecule has 1 aliphatic heterocycles. The van der Waals surface area contributed by atoms with Gasteiger partial charge >= 0.3 is 5.97 Å². The van der Waals surface area contributed by atoms with Gasteiger partial charge in [-0.3, -0.25) is 9.69 Å². The van der Waals surface area contributed by atoms with E-state index in [9.17, 15) is 9.90 Å². The first-order valence-corrected chi connectivity index (χ1v) is 6.46. The van der Waals surface area contributed by atoms with Crippen LogP contribution in [0.2, 0.25) is 0 Å². The standard InChI is InChI=1S/C11H16N2O2S/c1-8-3-2-4-13(10(8)11(14)15)5-9-6-16-7-12-9/h6-8,10H,2-5H2,1H3,(H,14,15). The summed E-state index contributed by atoms with van der Waals surface area (Å²) >= 11 is 1.55. The van der Waals surface area contributed by atoms with E-state index in [2.05, 4.69) is 4.98 Å². The Kier molecular flexibility index (Phi) is 3.56. The predicted octanol–water partition coefficient (Wildman–Crippen LogP) is 1.83. The number of hydrogen-bond donors (Lipinski definition) is 1. The lowest BCUT2D eigenvalue weighted by Crippen LogP contribution is -2.48. The fourth-order valence-corrected chi connectivity index (χ4v) is 2.92. The zero-order valence-electron chi connectivity index (χ0n) is 9.30. The van der Waals surface area contributed by atoms with Gasteiger partial charge in [-0.15, -0.1) is 11.3 Å². The van der Waals surface area contributed by atoms with Crippen molar-refractivity contribution >= 4 is 17.3 Å². The molecule has 4 nitrogen and oxygen atoms in total. The highest BCUT2D eigenvalue weighted by Gasteiger charge is 2.34. The summed E-state index contributed by atoms with van der Waals surface area (Å²) in [6.45, 7) is 3.54. The quantitative estimate of drug-likeness (QED) is 0.875. The fraction of sp³-hybridized carbons (Fsp3) is 0.636. The average molecular weight is 240 g/mol. The number of likely N-dealkylation sites (tertiary alicyclic amines) is 1. The van der Waals surface area contributed by atoms with E-state index in [0.717, 1.165) is 25.1 Å². The normalized spacial score (nSPS) is 26.8. The third-order valence-electron chi connectivity index (χ3n) is 3.14.